The van der Waals surface area contributed by atoms with Gasteiger partial charge in [0, 0.05) is 19.5 Å². The van der Waals surface area contributed by atoms with Crippen molar-refractivity contribution in [2.45, 2.75) is 39.0 Å². The SMILES string of the molecule is CCOC(=O)C1(Cc2ccc(F)cc2)CCCN(C(=O)CCc2ccc(F)cc2)C1. The Bertz CT molecular complexity index is 867. The molecule has 1 aliphatic heterocycles. The Morgan fingerprint density at radius 2 is 1.60 bits per heavy atom. The van der Waals surface area contributed by atoms with Gasteiger partial charge in [0.05, 0.1) is 12.0 Å². The van der Waals surface area contributed by atoms with Crippen molar-refractivity contribution in [3.05, 3.63) is 71.3 Å². The van der Waals surface area contributed by atoms with Crippen LogP contribution in [0.1, 0.15) is 37.3 Å². The second-order valence-electron chi connectivity index (χ2n) is 7.85. The summed E-state index contributed by atoms with van der Waals surface area (Å²) in [5.41, 5.74) is 0.896. The number of piperidine rings is 1. The van der Waals surface area contributed by atoms with E-state index >= 15 is 0 Å². The third kappa shape index (κ3) is 5.43. The molecule has 0 bridgehead atoms. The van der Waals surface area contributed by atoms with Crippen molar-refractivity contribution in [2.75, 3.05) is 19.7 Å². The molecule has 1 unspecified atom stereocenters. The van der Waals surface area contributed by atoms with Gasteiger partial charge in [-0.05, 0) is 68.0 Å². The van der Waals surface area contributed by atoms with Crippen molar-refractivity contribution in [3.8, 4) is 0 Å². The van der Waals surface area contributed by atoms with E-state index in [1.165, 1.54) is 24.3 Å². The van der Waals surface area contributed by atoms with Crippen LogP contribution in [0.25, 0.3) is 0 Å². The first-order valence-electron chi connectivity index (χ1n) is 10.4. The number of rotatable bonds is 7. The summed E-state index contributed by atoms with van der Waals surface area (Å²) >= 11 is 0. The van der Waals surface area contributed by atoms with E-state index < -0.39 is 5.41 Å². The van der Waals surface area contributed by atoms with Gasteiger partial charge in [0.15, 0.2) is 0 Å². The third-order valence-corrected chi connectivity index (χ3v) is 5.63. The Morgan fingerprint density at radius 1 is 1.00 bits per heavy atom. The summed E-state index contributed by atoms with van der Waals surface area (Å²) in [7, 11) is 0. The molecule has 0 saturated carbocycles. The predicted molar refractivity (Wildman–Crippen MR) is 110 cm³/mol. The number of hydrogen-bond donors (Lipinski definition) is 0. The number of hydrogen-bond acceptors (Lipinski definition) is 3. The van der Waals surface area contributed by atoms with E-state index in [9.17, 15) is 18.4 Å². The lowest BCUT2D eigenvalue weighted by molar-refractivity contribution is -0.160. The van der Waals surface area contributed by atoms with Crippen LogP contribution in [-0.4, -0.2) is 36.5 Å². The number of amides is 1. The summed E-state index contributed by atoms with van der Waals surface area (Å²) < 4.78 is 31.7. The zero-order valence-corrected chi connectivity index (χ0v) is 17.2. The zero-order valence-electron chi connectivity index (χ0n) is 17.2. The molecule has 1 atom stereocenters. The van der Waals surface area contributed by atoms with Gasteiger partial charge in [0.25, 0.3) is 0 Å². The van der Waals surface area contributed by atoms with Gasteiger partial charge in [-0.25, -0.2) is 8.78 Å². The smallest absolute Gasteiger partial charge is 0.314 e. The van der Waals surface area contributed by atoms with Crippen molar-refractivity contribution >= 4 is 11.9 Å². The minimum absolute atomic E-state index is 0.0354. The number of carbonyl (C=O) groups is 2. The van der Waals surface area contributed by atoms with Crippen LogP contribution in [0.4, 0.5) is 8.78 Å². The van der Waals surface area contributed by atoms with Crippen LogP contribution in [0.5, 0.6) is 0 Å². The van der Waals surface area contributed by atoms with Gasteiger partial charge in [-0.2, -0.15) is 0 Å². The number of likely N-dealkylation sites (tertiary alicyclic amines) is 1. The lowest BCUT2D eigenvalue weighted by Crippen LogP contribution is -2.51. The first-order valence-corrected chi connectivity index (χ1v) is 10.4. The first kappa shape index (κ1) is 21.9. The Balaban J connectivity index is 1.71. The van der Waals surface area contributed by atoms with E-state index in [0.29, 0.717) is 38.6 Å². The van der Waals surface area contributed by atoms with Gasteiger partial charge >= 0.3 is 5.97 Å². The highest BCUT2D eigenvalue weighted by atomic mass is 19.1. The van der Waals surface area contributed by atoms with E-state index in [1.807, 2.05) is 0 Å². The van der Waals surface area contributed by atoms with E-state index in [0.717, 1.165) is 11.1 Å². The molecule has 1 saturated heterocycles. The maximum Gasteiger partial charge on any atom is 0.314 e. The highest BCUT2D eigenvalue weighted by Crippen LogP contribution is 2.35. The van der Waals surface area contributed by atoms with Crippen LogP contribution in [0.3, 0.4) is 0 Å². The second kappa shape index (κ2) is 9.83. The number of ether oxygens (including phenoxy) is 1. The topological polar surface area (TPSA) is 46.6 Å². The molecule has 4 nitrogen and oxygen atoms in total. The van der Waals surface area contributed by atoms with E-state index in [1.54, 1.807) is 36.1 Å². The quantitative estimate of drug-likeness (QED) is 0.633. The number of carbonyl (C=O) groups excluding carboxylic acids is 2. The van der Waals surface area contributed by atoms with Crippen molar-refractivity contribution < 1.29 is 23.1 Å². The average molecular weight is 415 g/mol. The highest BCUT2D eigenvalue weighted by molar-refractivity contribution is 5.81. The largest absolute Gasteiger partial charge is 0.466 e. The monoisotopic (exact) mass is 415 g/mol. The molecular formula is C24H27F2NO3. The summed E-state index contributed by atoms with van der Waals surface area (Å²) in [6, 6.07) is 12.2. The Labute approximate surface area is 175 Å². The molecule has 0 spiro atoms. The fourth-order valence-electron chi connectivity index (χ4n) is 4.07. The fourth-order valence-corrected chi connectivity index (χ4v) is 4.07. The van der Waals surface area contributed by atoms with Crippen LogP contribution in [0, 0.1) is 17.0 Å². The maximum atomic E-state index is 13.3. The molecule has 1 heterocycles. The third-order valence-electron chi connectivity index (χ3n) is 5.63. The van der Waals surface area contributed by atoms with Crippen molar-refractivity contribution in [3.63, 3.8) is 0 Å². The van der Waals surface area contributed by atoms with Gasteiger partial charge in [0.2, 0.25) is 5.91 Å². The number of esters is 1. The molecule has 1 amide bonds. The predicted octanol–water partition coefficient (Wildman–Crippen LogP) is 4.31. The molecule has 0 aromatic heterocycles. The number of halogens is 2. The highest BCUT2D eigenvalue weighted by Gasteiger charge is 2.44. The van der Waals surface area contributed by atoms with Crippen molar-refractivity contribution in [1.82, 2.24) is 4.90 Å². The fraction of sp³-hybridized carbons (Fsp3) is 0.417. The lowest BCUT2D eigenvalue weighted by Gasteiger charge is -2.41. The molecule has 1 aliphatic rings. The molecule has 0 N–H and O–H groups in total. The van der Waals surface area contributed by atoms with Crippen LogP contribution < -0.4 is 0 Å². The minimum Gasteiger partial charge on any atom is -0.466 e. The molecule has 0 radical (unpaired) electrons. The van der Waals surface area contributed by atoms with Gasteiger partial charge in [-0.15, -0.1) is 0 Å². The Morgan fingerprint density at radius 3 is 2.20 bits per heavy atom. The molecule has 6 heteroatoms. The lowest BCUT2D eigenvalue weighted by atomic mass is 9.75. The maximum absolute atomic E-state index is 13.3. The molecule has 2 aromatic rings. The van der Waals surface area contributed by atoms with Crippen molar-refractivity contribution in [1.29, 1.82) is 0 Å². The minimum atomic E-state index is -0.836. The summed E-state index contributed by atoms with van der Waals surface area (Å²) in [4.78, 5) is 27.5. The molecule has 1 fully saturated rings. The summed E-state index contributed by atoms with van der Waals surface area (Å²) in [6.07, 6.45) is 2.52. The summed E-state index contributed by atoms with van der Waals surface area (Å²) in [6.45, 7) is 2.90. The van der Waals surface area contributed by atoms with E-state index in [-0.39, 0.29) is 36.7 Å². The zero-order chi connectivity index (χ0) is 21.6. The van der Waals surface area contributed by atoms with Gasteiger partial charge in [-0.1, -0.05) is 24.3 Å². The molecule has 3 rings (SSSR count). The van der Waals surface area contributed by atoms with Crippen LogP contribution in [0.15, 0.2) is 48.5 Å². The van der Waals surface area contributed by atoms with Crippen LogP contribution in [-0.2, 0) is 27.2 Å². The number of nitrogens with zero attached hydrogens (tertiary/aromatic N) is 1. The average Bonchev–Trinajstić information content (AvgIpc) is 2.75. The summed E-state index contributed by atoms with van der Waals surface area (Å²) in [5, 5.41) is 0. The van der Waals surface area contributed by atoms with Gasteiger partial charge in [0.1, 0.15) is 11.6 Å². The molecule has 30 heavy (non-hydrogen) atoms. The summed E-state index contributed by atoms with van der Waals surface area (Å²) in [5.74, 6) is -0.983. The number of benzene rings is 2. The Kier molecular flexibility index (Phi) is 7.19. The molecular weight excluding hydrogens is 388 g/mol. The van der Waals surface area contributed by atoms with Crippen LogP contribution in [0.2, 0.25) is 0 Å². The number of aryl methyl sites for hydroxylation is 1. The second-order valence-corrected chi connectivity index (χ2v) is 7.85. The van der Waals surface area contributed by atoms with Gasteiger partial charge < -0.3 is 9.64 Å². The Hall–Kier alpha value is -2.76. The first-order chi connectivity index (χ1) is 14.4. The van der Waals surface area contributed by atoms with Crippen molar-refractivity contribution in [2.24, 2.45) is 5.41 Å². The van der Waals surface area contributed by atoms with E-state index in [2.05, 4.69) is 0 Å². The van der Waals surface area contributed by atoms with Crippen LogP contribution >= 0.6 is 0 Å². The standard InChI is InChI=1S/C24H27F2NO3/c1-2-30-23(29)24(16-19-6-11-21(26)12-7-19)14-3-15-27(17-24)22(28)13-8-18-4-9-20(25)10-5-18/h4-7,9-12H,2-3,8,13-17H2,1H3. The van der Waals surface area contributed by atoms with E-state index in [4.69, 9.17) is 4.74 Å². The molecule has 0 aliphatic carbocycles. The van der Waals surface area contributed by atoms with Gasteiger partial charge in [-0.3, -0.25) is 9.59 Å². The molecule has 2 aromatic carbocycles. The molecule has 160 valence electrons. The normalized spacial score (nSPS) is 18.8.